The minimum atomic E-state index is -1.43. The van der Waals surface area contributed by atoms with Crippen LogP contribution in [0.1, 0.15) is 6.42 Å². The van der Waals surface area contributed by atoms with Gasteiger partial charge in [0.25, 0.3) is 0 Å². The lowest BCUT2D eigenvalue weighted by Crippen LogP contribution is -2.42. The second-order valence-corrected chi connectivity index (χ2v) is 2.46. The van der Waals surface area contributed by atoms with Gasteiger partial charge in [-0.15, -0.1) is 11.6 Å². The fraction of sp³-hybridized carbons (Fsp3) is 0.500. The molecule has 0 aliphatic carbocycles. The van der Waals surface area contributed by atoms with Crippen LogP contribution in [0.25, 0.3) is 0 Å². The number of amides is 1. The SMILES string of the molecule is O=C(O)CC(NC(=O)CCl)C(=O)O. The smallest absolute Gasteiger partial charge is 0.326 e. The van der Waals surface area contributed by atoms with Crippen molar-refractivity contribution in [3.05, 3.63) is 0 Å². The summed E-state index contributed by atoms with van der Waals surface area (Å²) in [5.74, 6) is -3.82. The Bertz CT molecular complexity index is 229. The molecule has 3 N–H and O–H groups in total. The van der Waals surface area contributed by atoms with Gasteiger partial charge in [0.15, 0.2) is 0 Å². The third-order valence-corrected chi connectivity index (χ3v) is 1.38. The maximum absolute atomic E-state index is 10.6. The Morgan fingerprint density at radius 1 is 1.31 bits per heavy atom. The van der Waals surface area contributed by atoms with E-state index in [4.69, 9.17) is 21.8 Å². The van der Waals surface area contributed by atoms with Crippen LogP contribution in [0.4, 0.5) is 0 Å². The van der Waals surface area contributed by atoms with E-state index in [9.17, 15) is 14.4 Å². The van der Waals surface area contributed by atoms with Crippen molar-refractivity contribution in [1.82, 2.24) is 5.32 Å². The first kappa shape index (κ1) is 11.7. The highest BCUT2D eigenvalue weighted by Gasteiger charge is 2.22. The Kier molecular flexibility index (Phi) is 4.83. The topological polar surface area (TPSA) is 104 Å². The molecule has 13 heavy (non-hydrogen) atoms. The fourth-order valence-electron chi connectivity index (χ4n) is 0.608. The van der Waals surface area contributed by atoms with Crippen LogP contribution in [0.15, 0.2) is 0 Å². The molecule has 0 aromatic carbocycles. The van der Waals surface area contributed by atoms with E-state index in [-0.39, 0.29) is 0 Å². The molecule has 0 heterocycles. The lowest BCUT2D eigenvalue weighted by atomic mass is 10.2. The van der Waals surface area contributed by atoms with Gasteiger partial charge in [0.05, 0.1) is 6.42 Å². The molecule has 7 heteroatoms. The van der Waals surface area contributed by atoms with Gasteiger partial charge in [0, 0.05) is 0 Å². The normalized spacial score (nSPS) is 11.8. The Labute approximate surface area is 78.5 Å². The Hall–Kier alpha value is -1.30. The quantitative estimate of drug-likeness (QED) is 0.518. The summed E-state index contributed by atoms with van der Waals surface area (Å²) < 4.78 is 0. The van der Waals surface area contributed by atoms with E-state index in [0.29, 0.717) is 0 Å². The van der Waals surface area contributed by atoms with Gasteiger partial charge < -0.3 is 15.5 Å². The third-order valence-electron chi connectivity index (χ3n) is 1.13. The van der Waals surface area contributed by atoms with Crippen molar-refractivity contribution in [1.29, 1.82) is 0 Å². The highest BCUT2D eigenvalue weighted by molar-refractivity contribution is 6.27. The molecule has 0 aromatic heterocycles. The zero-order chi connectivity index (χ0) is 10.4. The number of carboxylic acids is 2. The first-order valence-electron chi connectivity index (χ1n) is 3.27. The lowest BCUT2D eigenvalue weighted by molar-refractivity contribution is -0.147. The monoisotopic (exact) mass is 209 g/mol. The molecule has 0 saturated carbocycles. The molecule has 0 saturated heterocycles. The summed E-state index contributed by atoms with van der Waals surface area (Å²) in [6.07, 6.45) is -0.669. The molecule has 0 spiro atoms. The maximum Gasteiger partial charge on any atom is 0.326 e. The number of carboxylic acid groups (broad SMARTS) is 2. The van der Waals surface area contributed by atoms with Crippen molar-refractivity contribution in [3.8, 4) is 0 Å². The zero-order valence-corrected chi connectivity index (χ0v) is 7.24. The van der Waals surface area contributed by atoms with E-state index in [0.717, 1.165) is 0 Å². The van der Waals surface area contributed by atoms with E-state index in [1.54, 1.807) is 0 Å². The van der Waals surface area contributed by atoms with Crippen LogP contribution in [-0.2, 0) is 14.4 Å². The second kappa shape index (κ2) is 5.36. The van der Waals surface area contributed by atoms with E-state index >= 15 is 0 Å². The first-order valence-corrected chi connectivity index (χ1v) is 3.80. The minimum Gasteiger partial charge on any atom is -0.481 e. The molecular weight excluding hydrogens is 202 g/mol. The maximum atomic E-state index is 10.6. The molecule has 1 unspecified atom stereocenters. The van der Waals surface area contributed by atoms with Gasteiger partial charge in [0.2, 0.25) is 5.91 Å². The van der Waals surface area contributed by atoms with Crippen molar-refractivity contribution in [2.45, 2.75) is 12.5 Å². The van der Waals surface area contributed by atoms with Gasteiger partial charge in [-0.1, -0.05) is 0 Å². The largest absolute Gasteiger partial charge is 0.481 e. The van der Waals surface area contributed by atoms with Crippen LogP contribution < -0.4 is 5.32 Å². The number of nitrogens with one attached hydrogen (secondary N) is 1. The molecular formula is C6H8ClNO5. The number of carbonyl (C=O) groups excluding carboxylic acids is 1. The number of hydrogen-bond acceptors (Lipinski definition) is 3. The Morgan fingerprint density at radius 3 is 2.15 bits per heavy atom. The van der Waals surface area contributed by atoms with Crippen LogP contribution in [0.2, 0.25) is 0 Å². The summed E-state index contributed by atoms with van der Waals surface area (Å²) in [5, 5.41) is 18.7. The number of hydrogen-bond donors (Lipinski definition) is 3. The number of rotatable bonds is 5. The zero-order valence-electron chi connectivity index (χ0n) is 6.49. The summed E-state index contributed by atoms with van der Waals surface area (Å²) in [5.41, 5.74) is 0. The molecule has 6 nitrogen and oxygen atoms in total. The van der Waals surface area contributed by atoms with Crippen LogP contribution in [0, 0.1) is 0 Å². The van der Waals surface area contributed by atoms with Crippen LogP contribution in [0.3, 0.4) is 0 Å². The molecule has 0 rings (SSSR count). The average Bonchev–Trinajstić information content (AvgIpc) is 2.02. The third kappa shape index (κ3) is 5.02. The molecule has 0 aliphatic rings. The van der Waals surface area contributed by atoms with Crippen LogP contribution in [0.5, 0.6) is 0 Å². The number of carbonyl (C=O) groups is 3. The van der Waals surface area contributed by atoms with Gasteiger partial charge in [0.1, 0.15) is 11.9 Å². The minimum absolute atomic E-state index is 0.399. The molecule has 0 aliphatic heterocycles. The van der Waals surface area contributed by atoms with Crippen molar-refractivity contribution in [2.24, 2.45) is 0 Å². The van der Waals surface area contributed by atoms with Gasteiger partial charge in [-0.05, 0) is 0 Å². The summed E-state index contributed by atoms with van der Waals surface area (Å²) in [6.45, 7) is 0. The van der Waals surface area contributed by atoms with Crippen molar-refractivity contribution >= 4 is 29.4 Å². The molecule has 74 valence electrons. The Balaban J connectivity index is 4.18. The van der Waals surface area contributed by atoms with Gasteiger partial charge >= 0.3 is 11.9 Å². The predicted octanol–water partition coefficient (Wildman–Crippen LogP) is -0.731. The predicted molar refractivity (Wildman–Crippen MR) is 42.5 cm³/mol. The first-order chi connectivity index (χ1) is 5.97. The van der Waals surface area contributed by atoms with E-state index < -0.39 is 36.2 Å². The molecule has 1 atom stereocenters. The number of aliphatic carboxylic acids is 2. The van der Waals surface area contributed by atoms with E-state index in [2.05, 4.69) is 0 Å². The highest BCUT2D eigenvalue weighted by Crippen LogP contribution is 1.93. The van der Waals surface area contributed by atoms with Gasteiger partial charge in [-0.25, -0.2) is 4.79 Å². The van der Waals surface area contributed by atoms with Crippen LogP contribution >= 0.6 is 11.6 Å². The van der Waals surface area contributed by atoms with Crippen molar-refractivity contribution in [2.75, 3.05) is 5.88 Å². The fourth-order valence-corrected chi connectivity index (χ4v) is 0.685. The summed E-state index contributed by atoms with van der Waals surface area (Å²) in [4.78, 5) is 31.1. The highest BCUT2D eigenvalue weighted by atomic mass is 35.5. The van der Waals surface area contributed by atoms with Crippen molar-refractivity contribution in [3.63, 3.8) is 0 Å². The molecule has 0 fully saturated rings. The molecule has 0 bridgehead atoms. The molecule has 0 aromatic rings. The number of halogens is 1. The van der Waals surface area contributed by atoms with Gasteiger partial charge in [-0.3, -0.25) is 9.59 Å². The molecule has 1 amide bonds. The molecule has 0 radical (unpaired) electrons. The van der Waals surface area contributed by atoms with E-state index in [1.807, 2.05) is 5.32 Å². The van der Waals surface area contributed by atoms with E-state index in [1.165, 1.54) is 0 Å². The second-order valence-electron chi connectivity index (χ2n) is 2.19. The standard InChI is InChI=1S/C6H8ClNO5/c7-2-4(9)8-3(6(12)13)1-5(10)11/h3H,1-2H2,(H,8,9)(H,10,11)(H,12,13). The van der Waals surface area contributed by atoms with Crippen molar-refractivity contribution < 1.29 is 24.6 Å². The van der Waals surface area contributed by atoms with Gasteiger partial charge in [-0.2, -0.15) is 0 Å². The average molecular weight is 210 g/mol. The number of alkyl halides is 1. The summed E-state index contributed by atoms with van der Waals surface area (Å²) in [7, 11) is 0. The summed E-state index contributed by atoms with van der Waals surface area (Å²) in [6, 6.07) is -1.43. The Morgan fingerprint density at radius 2 is 1.85 bits per heavy atom. The summed E-state index contributed by atoms with van der Waals surface area (Å²) >= 11 is 5.08. The lowest BCUT2D eigenvalue weighted by Gasteiger charge is -2.10. The van der Waals surface area contributed by atoms with Crippen LogP contribution in [-0.4, -0.2) is 40.0 Å².